The van der Waals surface area contributed by atoms with Gasteiger partial charge in [-0.3, -0.25) is 9.59 Å². The van der Waals surface area contributed by atoms with E-state index in [1.54, 1.807) is 17.2 Å². The minimum Gasteiger partial charge on any atom is -0.364 e. The summed E-state index contributed by atoms with van der Waals surface area (Å²) < 4.78 is 0. The molecule has 1 aromatic carbocycles. The van der Waals surface area contributed by atoms with Gasteiger partial charge in [-0.2, -0.15) is 0 Å². The van der Waals surface area contributed by atoms with Gasteiger partial charge in [-0.05, 0) is 29.5 Å². The van der Waals surface area contributed by atoms with Crippen molar-refractivity contribution >= 4 is 23.6 Å². The molecule has 4 heterocycles. The molecule has 0 spiro atoms. The molecule has 3 atom stereocenters. The molecule has 0 saturated carbocycles. The SMILES string of the molecule is C=CC(C)(C)[C@]12C[C@@H]3C(=O)N/C(=C\c4cnc[nH]4)C(=O)N3[C@H]1Nc1ccccc12. The van der Waals surface area contributed by atoms with Crippen LogP contribution in [0.3, 0.4) is 0 Å². The molecular formula is C22H23N5O2. The van der Waals surface area contributed by atoms with Crippen LogP contribution in [0.1, 0.15) is 31.5 Å². The van der Waals surface area contributed by atoms with Crippen molar-refractivity contribution in [1.82, 2.24) is 20.2 Å². The number of nitrogens with one attached hydrogen (secondary N) is 3. The highest BCUT2D eigenvalue weighted by Crippen LogP contribution is 2.60. The molecule has 3 aliphatic heterocycles. The number of hydrogen-bond donors (Lipinski definition) is 3. The topological polar surface area (TPSA) is 90.1 Å². The van der Waals surface area contributed by atoms with E-state index in [9.17, 15) is 9.59 Å². The summed E-state index contributed by atoms with van der Waals surface area (Å²) in [6.45, 7) is 8.32. The number of hydrogen-bond acceptors (Lipinski definition) is 4. The lowest BCUT2D eigenvalue weighted by Crippen LogP contribution is -2.59. The minimum atomic E-state index is -0.536. The van der Waals surface area contributed by atoms with Crippen LogP contribution in [0.15, 0.2) is 55.1 Å². The molecule has 29 heavy (non-hydrogen) atoms. The molecule has 2 saturated heterocycles. The molecular weight excluding hydrogens is 366 g/mol. The van der Waals surface area contributed by atoms with Crippen LogP contribution < -0.4 is 10.6 Å². The number of anilines is 1. The van der Waals surface area contributed by atoms with Crippen molar-refractivity contribution in [2.75, 3.05) is 5.32 Å². The Bertz CT molecular complexity index is 1050. The van der Waals surface area contributed by atoms with Gasteiger partial charge in [0.15, 0.2) is 0 Å². The second kappa shape index (κ2) is 5.83. The number of fused-ring (bicyclic) bond motifs is 5. The number of imidazole rings is 1. The summed E-state index contributed by atoms with van der Waals surface area (Å²) in [5.41, 5.74) is 2.24. The van der Waals surface area contributed by atoms with Crippen molar-refractivity contribution in [2.24, 2.45) is 5.41 Å². The van der Waals surface area contributed by atoms with E-state index in [1.807, 2.05) is 24.3 Å². The molecule has 3 aliphatic rings. The van der Waals surface area contributed by atoms with Crippen molar-refractivity contribution < 1.29 is 9.59 Å². The van der Waals surface area contributed by atoms with E-state index in [-0.39, 0.29) is 29.1 Å². The third-order valence-electron chi connectivity index (χ3n) is 6.80. The van der Waals surface area contributed by atoms with Gasteiger partial charge in [-0.15, -0.1) is 6.58 Å². The summed E-state index contributed by atoms with van der Waals surface area (Å²) in [6, 6.07) is 7.57. The Kier molecular flexibility index (Phi) is 3.56. The van der Waals surface area contributed by atoms with Crippen LogP contribution in [0.5, 0.6) is 0 Å². The standard InChI is InChI=1S/C22H23N5O2/c1-4-21(2,3)22-10-17-18(28)25-16(9-13-11-23-12-24-13)19(29)27(17)20(22)26-15-8-6-5-7-14(15)22/h4-9,11-12,17,20,26H,1,10H2,2-3H3,(H,23,24)(H,25,28)/b16-9-/t17-,20-,22+/m1/s1. The zero-order chi connectivity index (χ0) is 20.4. The number of amides is 2. The van der Waals surface area contributed by atoms with E-state index >= 15 is 0 Å². The molecule has 2 fully saturated rings. The van der Waals surface area contributed by atoms with Gasteiger partial charge >= 0.3 is 0 Å². The van der Waals surface area contributed by atoms with Crippen LogP contribution in [0.2, 0.25) is 0 Å². The van der Waals surface area contributed by atoms with Crippen molar-refractivity contribution in [3.63, 3.8) is 0 Å². The van der Waals surface area contributed by atoms with E-state index in [0.717, 1.165) is 11.3 Å². The number of rotatable bonds is 3. The molecule has 0 aliphatic carbocycles. The number of para-hydroxylation sites is 1. The van der Waals surface area contributed by atoms with Crippen LogP contribution in [0.25, 0.3) is 6.08 Å². The van der Waals surface area contributed by atoms with Gasteiger partial charge in [-0.25, -0.2) is 4.98 Å². The summed E-state index contributed by atoms with van der Waals surface area (Å²) in [4.78, 5) is 35.1. The maximum Gasteiger partial charge on any atom is 0.272 e. The molecule has 0 unspecified atom stereocenters. The van der Waals surface area contributed by atoms with E-state index in [0.29, 0.717) is 12.1 Å². The first-order valence-electron chi connectivity index (χ1n) is 9.72. The van der Waals surface area contributed by atoms with E-state index < -0.39 is 11.5 Å². The second-order valence-corrected chi connectivity index (χ2v) is 8.48. The van der Waals surface area contributed by atoms with Gasteiger partial charge in [0.25, 0.3) is 5.91 Å². The first kappa shape index (κ1) is 17.7. The highest BCUT2D eigenvalue weighted by atomic mass is 16.2. The predicted molar refractivity (Wildman–Crippen MR) is 109 cm³/mol. The number of piperazine rings is 1. The van der Waals surface area contributed by atoms with E-state index in [2.05, 4.69) is 47.1 Å². The monoisotopic (exact) mass is 389 g/mol. The quantitative estimate of drug-likeness (QED) is 0.555. The lowest BCUT2D eigenvalue weighted by Gasteiger charge is -2.43. The molecule has 148 valence electrons. The predicted octanol–water partition coefficient (Wildman–Crippen LogP) is 2.38. The molecule has 2 amide bonds. The molecule has 0 radical (unpaired) electrons. The first-order valence-corrected chi connectivity index (χ1v) is 9.72. The second-order valence-electron chi connectivity index (χ2n) is 8.48. The average molecular weight is 389 g/mol. The Morgan fingerprint density at radius 2 is 2.10 bits per heavy atom. The van der Waals surface area contributed by atoms with Gasteiger partial charge in [-0.1, -0.05) is 38.1 Å². The number of nitrogens with zero attached hydrogens (tertiary/aromatic N) is 2. The van der Waals surface area contributed by atoms with E-state index in [1.165, 1.54) is 6.33 Å². The zero-order valence-electron chi connectivity index (χ0n) is 16.4. The molecule has 2 aromatic rings. The van der Waals surface area contributed by atoms with Crippen molar-refractivity contribution in [1.29, 1.82) is 0 Å². The number of allylic oxidation sites excluding steroid dienone is 1. The van der Waals surface area contributed by atoms with Crippen molar-refractivity contribution in [3.8, 4) is 0 Å². The molecule has 1 aromatic heterocycles. The molecule has 7 nitrogen and oxygen atoms in total. The van der Waals surface area contributed by atoms with Gasteiger partial charge in [0, 0.05) is 11.1 Å². The third-order valence-corrected chi connectivity index (χ3v) is 6.80. The molecule has 3 N–H and O–H groups in total. The lowest BCUT2D eigenvalue weighted by atomic mass is 9.60. The molecule has 7 heteroatoms. The van der Waals surface area contributed by atoms with Crippen LogP contribution >= 0.6 is 0 Å². The number of aromatic amines is 1. The molecule has 5 rings (SSSR count). The summed E-state index contributed by atoms with van der Waals surface area (Å²) in [5.74, 6) is -0.362. The highest BCUT2D eigenvalue weighted by molar-refractivity contribution is 6.08. The van der Waals surface area contributed by atoms with Gasteiger partial charge in [0.05, 0.1) is 18.2 Å². The Morgan fingerprint density at radius 1 is 1.31 bits per heavy atom. The van der Waals surface area contributed by atoms with Crippen molar-refractivity contribution in [3.05, 3.63) is 66.4 Å². The average Bonchev–Trinajstić information content (AvgIpc) is 3.40. The maximum absolute atomic E-state index is 13.5. The van der Waals surface area contributed by atoms with Crippen LogP contribution in [0, 0.1) is 5.41 Å². The summed E-state index contributed by atoms with van der Waals surface area (Å²) >= 11 is 0. The Morgan fingerprint density at radius 3 is 2.83 bits per heavy atom. The Labute approximate surface area is 168 Å². The Hall–Kier alpha value is -3.35. The van der Waals surface area contributed by atoms with Crippen molar-refractivity contribution in [2.45, 2.75) is 37.9 Å². The third kappa shape index (κ3) is 2.21. The smallest absolute Gasteiger partial charge is 0.272 e. The fraction of sp³-hybridized carbons (Fsp3) is 0.318. The fourth-order valence-electron chi connectivity index (χ4n) is 5.16. The highest BCUT2D eigenvalue weighted by Gasteiger charge is 2.66. The van der Waals surface area contributed by atoms with Gasteiger partial charge in [0.2, 0.25) is 5.91 Å². The van der Waals surface area contributed by atoms with Gasteiger partial charge < -0.3 is 20.5 Å². The number of aromatic nitrogens is 2. The number of carbonyl (C=O) groups is 2. The number of carbonyl (C=O) groups excluding carboxylic acids is 2. The molecule has 0 bridgehead atoms. The summed E-state index contributed by atoms with van der Waals surface area (Å²) in [5, 5.41) is 6.34. The first-order chi connectivity index (χ1) is 13.9. The zero-order valence-corrected chi connectivity index (χ0v) is 16.4. The Balaban J connectivity index is 1.65. The van der Waals surface area contributed by atoms with E-state index in [4.69, 9.17) is 0 Å². The number of benzene rings is 1. The summed E-state index contributed by atoms with van der Waals surface area (Å²) in [6.07, 6.45) is 6.91. The maximum atomic E-state index is 13.5. The van der Waals surface area contributed by atoms with Gasteiger partial charge in [0.1, 0.15) is 17.9 Å². The normalized spacial score (nSPS) is 29.2. The fourth-order valence-corrected chi connectivity index (χ4v) is 5.16. The van der Waals surface area contributed by atoms with Crippen LogP contribution in [-0.4, -0.2) is 38.9 Å². The minimum absolute atomic E-state index is 0.164. The largest absolute Gasteiger partial charge is 0.364 e. The number of H-pyrrole nitrogens is 1. The lowest BCUT2D eigenvalue weighted by molar-refractivity contribution is -0.141. The van der Waals surface area contributed by atoms with Crippen LogP contribution in [-0.2, 0) is 15.0 Å². The summed E-state index contributed by atoms with van der Waals surface area (Å²) in [7, 11) is 0. The van der Waals surface area contributed by atoms with Crippen LogP contribution in [0.4, 0.5) is 5.69 Å².